The smallest absolute Gasteiger partial charge is 0.328 e. The van der Waals surface area contributed by atoms with Crippen molar-refractivity contribution in [3.63, 3.8) is 0 Å². The third kappa shape index (κ3) is 4.72. The number of aliphatic hydroxyl groups excluding tert-OH is 1. The number of urea groups is 1. The summed E-state index contributed by atoms with van der Waals surface area (Å²) in [4.78, 5) is 37.1. The Morgan fingerprint density at radius 3 is 2.34 bits per heavy atom. The molecule has 8 nitrogen and oxygen atoms in total. The van der Waals surface area contributed by atoms with Crippen molar-refractivity contribution in [2.75, 3.05) is 19.6 Å². The van der Waals surface area contributed by atoms with Gasteiger partial charge >= 0.3 is 6.03 Å². The minimum Gasteiger partial charge on any atom is -0.462 e. The van der Waals surface area contributed by atoms with Gasteiger partial charge in [0.1, 0.15) is 23.7 Å². The van der Waals surface area contributed by atoms with Gasteiger partial charge < -0.3 is 14.4 Å². The first kappa shape index (κ1) is 23.3. The molecular weight excluding hydrogens is 444 g/mol. The molecule has 0 radical (unpaired) electrons. The zero-order valence-corrected chi connectivity index (χ0v) is 19.7. The summed E-state index contributed by atoms with van der Waals surface area (Å²) in [6.45, 7) is 2.51. The van der Waals surface area contributed by atoms with Gasteiger partial charge in [-0.3, -0.25) is 19.6 Å². The second kappa shape index (κ2) is 10.0. The highest BCUT2D eigenvalue weighted by molar-refractivity contribution is 6.07. The van der Waals surface area contributed by atoms with Crippen LogP contribution >= 0.6 is 0 Å². The number of carbonyl (C=O) groups is 2. The number of likely N-dealkylation sites (tertiary alicyclic amines) is 1. The van der Waals surface area contributed by atoms with E-state index >= 15 is 0 Å². The highest BCUT2D eigenvalue weighted by Crippen LogP contribution is 2.38. The number of nitrogens with zero attached hydrogens (tertiary/aromatic N) is 4. The van der Waals surface area contributed by atoms with Gasteiger partial charge in [-0.25, -0.2) is 4.79 Å². The number of hydrogen-bond donors (Lipinski definition) is 1. The molecule has 3 aromatic rings. The van der Waals surface area contributed by atoms with Gasteiger partial charge in [-0.15, -0.1) is 0 Å². The highest BCUT2D eigenvalue weighted by atomic mass is 16.4. The number of benzene rings is 1. The lowest BCUT2D eigenvalue weighted by Gasteiger charge is -2.42. The Hall–Kier alpha value is -3.49. The molecule has 0 atom stereocenters. The number of aliphatic hydroxyl groups is 1. The normalized spacial score (nSPS) is 18.1. The number of furan rings is 1. The predicted molar refractivity (Wildman–Crippen MR) is 129 cm³/mol. The number of rotatable bonds is 8. The molecule has 182 valence electrons. The van der Waals surface area contributed by atoms with Crippen molar-refractivity contribution < 1.29 is 19.1 Å². The van der Waals surface area contributed by atoms with Gasteiger partial charge in [0.2, 0.25) is 0 Å². The number of hydrogen-bond acceptors (Lipinski definition) is 6. The maximum absolute atomic E-state index is 13.8. The Morgan fingerprint density at radius 1 is 0.914 bits per heavy atom. The molecule has 0 bridgehead atoms. The molecule has 2 aliphatic rings. The Balaban J connectivity index is 1.34. The van der Waals surface area contributed by atoms with E-state index in [2.05, 4.69) is 9.88 Å². The molecule has 35 heavy (non-hydrogen) atoms. The van der Waals surface area contributed by atoms with Crippen LogP contribution in [-0.2, 0) is 30.9 Å². The summed E-state index contributed by atoms with van der Waals surface area (Å²) in [5.74, 6) is 1.21. The van der Waals surface area contributed by atoms with E-state index in [1.54, 1.807) is 17.2 Å². The van der Waals surface area contributed by atoms with Gasteiger partial charge in [-0.1, -0.05) is 36.4 Å². The number of aromatic nitrogens is 1. The largest absolute Gasteiger partial charge is 0.462 e. The van der Waals surface area contributed by atoms with Gasteiger partial charge in [0, 0.05) is 25.8 Å². The van der Waals surface area contributed by atoms with Crippen molar-refractivity contribution in [2.45, 2.75) is 44.5 Å². The SMILES string of the molecule is O=C1N(Cc2ccccn2)C(=O)C2(CCN(Cc3ccc(CO)o3)CC2)N1CCc1ccccc1. The second-order valence-corrected chi connectivity index (χ2v) is 9.22. The zero-order valence-electron chi connectivity index (χ0n) is 19.7. The minimum absolute atomic E-state index is 0.123. The van der Waals surface area contributed by atoms with Crippen LogP contribution in [0.1, 0.15) is 35.6 Å². The molecule has 1 N–H and O–H groups in total. The Kier molecular flexibility index (Phi) is 6.66. The number of imide groups is 1. The van der Waals surface area contributed by atoms with Crippen molar-refractivity contribution in [1.29, 1.82) is 0 Å². The molecule has 2 aliphatic heterocycles. The van der Waals surface area contributed by atoms with Crippen LogP contribution in [-0.4, -0.2) is 61.9 Å². The van der Waals surface area contributed by atoms with E-state index in [1.807, 2.05) is 54.6 Å². The van der Waals surface area contributed by atoms with Crippen molar-refractivity contribution in [1.82, 2.24) is 19.7 Å². The summed E-state index contributed by atoms with van der Waals surface area (Å²) in [5.41, 5.74) is 1.00. The Bertz CT molecular complexity index is 1160. The summed E-state index contributed by atoms with van der Waals surface area (Å²) in [5, 5.41) is 9.25. The molecule has 5 rings (SSSR count). The molecule has 2 aromatic heterocycles. The van der Waals surface area contributed by atoms with Crippen LogP contribution in [0.15, 0.2) is 71.3 Å². The third-order valence-corrected chi connectivity index (χ3v) is 7.07. The topological polar surface area (TPSA) is 90.1 Å². The second-order valence-electron chi connectivity index (χ2n) is 9.22. The van der Waals surface area contributed by atoms with Crippen LogP contribution < -0.4 is 0 Å². The van der Waals surface area contributed by atoms with E-state index in [0.29, 0.717) is 56.9 Å². The monoisotopic (exact) mass is 474 g/mol. The molecule has 1 spiro atoms. The molecule has 1 aromatic carbocycles. The third-order valence-electron chi connectivity index (χ3n) is 7.07. The first-order valence-electron chi connectivity index (χ1n) is 12.1. The lowest BCUT2D eigenvalue weighted by atomic mass is 9.85. The molecular formula is C27H30N4O4. The Labute approximate surface area is 204 Å². The first-order valence-corrected chi connectivity index (χ1v) is 12.1. The minimum atomic E-state index is -0.837. The summed E-state index contributed by atoms with van der Waals surface area (Å²) in [6, 6.07) is 19.0. The van der Waals surface area contributed by atoms with Gasteiger partial charge in [0.25, 0.3) is 5.91 Å². The number of piperidine rings is 1. The fraction of sp³-hybridized carbons (Fsp3) is 0.370. The zero-order chi connectivity index (χ0) is 24.3. The van der Waals surface area contributed by atoms with Crippen LogP contribution in [0.3, 0.4) is 0 Å². The van der Waals surface area contributed by atoms with Crippen LogP contribution in [0.4, 0.5) is 4.79 Å². The van der Waals surface area contributed by atoms with Crippen molar-refractivity contribution in [2.24, 2.45) is 0 Å². The first-order chi connectivity index (χ1) is 17.1. The van der Waals surface area contributed by atoms with Crippen LogP contribution in [0, 0.1) is 0 Å². The van der Waals surface area contributed by atoms with Gasteiger partial charge in [0.15, 0.2) is 0 Å². The lowest BCUT2D eigenvalue weighted by Crippen LogP contribution is -2.56. The summed E-state index contributed by atoms with van der Waals surface area (Å²) in [6.07, 6.45) is 3.51. The van der Waals surface area contributed by atoms with Crippen molar-refractivity contribution in [3.05, 3.63) is 89.6 Å². The van der Waals surface area contributed by atoms with E-state index < -0.39 is 5.54 Å². The molecule has 3 amide bonds. The van der Waals surface area contributed by atoms with Gasteiger partial charge in [-0.05, 0) is 49.1 Å². The number of carbonyl (C=O) groups excluding carboxylic acids is 2. The van der Waals surface area contributed by atoms with E-state index in [1.165, 1.54) is 4.90 Å². The molecule has 0 unspecified atom stereocenters. The summed E-state index contributed by atoms with van der Waals surface area (Å²) >= 11 is 0. The summed E-state index contributed by atoms with van der Waals surface area (Å²) < 4.78 is 5.64. The van der Waals surface area contributed by atoms with Crippen LogP contribution in [0.25, 0.3) is 0 Å². The van der Waals surface area contributed by atoms with Crippen LogP contribution in [0.5, 0.6) is 0 Å². The van der Waals surface area contributed by atoms with E-state index in [-0.39, 0.29) is 25.1 Å². The van der Waals surface area contributed by atoms with Crippen LogP contribution in [0.2, 0.25) is 0 Å². The average molecular weight is 475 g/mol. The molecule has 8 heteroatoms. The fourth-order valence-corrected chi connectivity index (χ4v) is 5.15. The van der Waals surface area contributed by atoms with Gasteiger partial charge in [0.05, 0.1) is 18.8 Å². The number of amides is 3. The fourth-order valence-electron chi connectivity index (χ4n) is 5.15. The predicted octanol–water partition coefficient (Wildman–Crippen LogP) is 3.21. The number of pyridine rings is 1. The van der Waals surface area contributed by atoms with Crippen molar-refractivity contribution in [3.8, 4) is 0 Å². The van der Waals surface area contributed by atoms with E-state index in [9.17, 15) is 14.7 Å². The maximum atomic E-state index is 13.8. The summed E-state index contributed by atoms with van der Waals surface area (Å²) in [7, 11) is 0. The highest BCUT2D eigenvalue weighted by Gasteiger charge is 2.57. The molecule has 0 saturated carbocycles. The molecule has 2 saturated heterocycles. The average Bonchev–Trinajstić information content (AvgIpc) is 3.43. The van der Waals surface area contributed by atoms with Crippen molar-refractivity contribution >= 4 is 11.9 Å². The molecule has 4 heterocycles. The van der Waals surface area contributed by atoms with E-state index in [0.717, 1.165) is 11.3 Å². The lowest BCUT2D eigenvalue weighted by molar-refractivity contribution is -0.136. The Morgan fingerprint density at radius 2 is 1.66 bits per heavy atom. The quantitative estimate of drug-likeness (QED) is 0.505. The molecule has 0 aliphatic carbocycles. The maximum Gasteiger partial charge on any atom is 0.328 e. The standard InChI is InChI=1S/C27H30N4O4/c32-20-24-10-9-23(35-24)19-29-16-12-27(13-17-29)25(33)30(18-22-8-4-5-14-28-22)26(34)31(27)15-11-21-6-2-1-3-7-21/h1-10,14,32H,11-13,15-20H2. The van der Waals surface area contributed by atoms with E-state index in [4.69, 9.17) is 4.42 Å². The molecule has 2 fully saturated rings. The van der Waals surface area contributed by atoms with Gasteiger partial charge in [-0.2, -0.15) is 0 Å².